The Balaban J connectivity index is 1.74. The summed E-state index contributed by atoms with van der Waals surface area (Å²) in [5.74, 6) is -0.723. The van der Waals surface area contributed by atoms with Gasteiger partial charge in [0.1, 0.15) is 5.82 Å². The van der Waals surface area contributed by atoms with Crippen molar-refractivity contribution in [2.45, 2.75) is 20.4 Å². The number of nitrogens with zero attached hydrogens (tertiary/aromatic N) is 2. The molecular formula is C21H21FN4O2. The highest BCUT2D eigenvalue weighted by atomic mass is 19.1. The monoisotopic (exact) mass is 380 g/mol. The molecule has 0 radical (unpaired) electrons. The first-order chi connectivity index (χ1) is 13.4. The number of benzene rings is 2. The van der Waals surface area contributed by atoms with Gasteiger partial charge in [0, 0.05) is 19.2 Å². The molecule has 2 N–H and O–H groups in total. The van der Waals surface area contributed by atoms with Crippen LogP contribution in [-0.4, -0.2) is 28.6 Å². The van der Waals surface area contributed by atoms with E-state index in [1.165, 1.54) is 12.1 Å². The minimum atomic E-state index is -0.328. The second kappa shape index (κ2) is 8.04. The van der Waals surface area contributed by atoms with Crippen LogP contribution in [0.5, 0.6) is 0 Å². The van der Waals surface area contributed by atoms with Gasteiger partial charge in [-0.25, -0.2) is 9.07 Å². The molecule has 2 amide bonds. The second-order valence-electron chi connectivity index (χ2n) is 6.39. The molecule has 0 atom stereocenters. The van der Waals surface area contributed by atoms with Crippen molar-refractivity contribution in [3.63, 3.8) is 0 Å². The van der Waals surface area contributed by atoms with E-state index in [9.17, 15) is 14.0 Å². The van der Waals surface area contributed by atoms with E-state index in [2.05, 4.69) is 15.7 Å². The van der Waals surface area contributed by atoms with Crippen LogP contribution in [0.2, 0.25) is 0 Å². The fourth-order valence-corrected chi connectivity index (χ4v) is 2.99. The lowest BCUT2D eigenvalue weighted by atomic mass is 10.1. The molecule has 1 heterocycles. The van der Waals surface area contributed by atoms with Crippen LogP contribution < -0.4 is 10.6 Å². The molecule has 0 fully saturated rings. The number of hydrogen-bond donors (Lipinski definition) is 2. The zero-order valence-electron chi connectivity index (χ0n) is 15.9. The van der Waals surface area contributed by atoms with Gasteiger partial charge in [0.2, 0.25) is 0 Å². The maximum Gasteiger partial charge on any atom is 0.255 e. The quantitative estimate of drug-likeness (QED) is 0.715. The van der Waals surface area contributed by atoms with E-state index in [0.717, 1.165) is 5.56 Å². The first-order valence-corrected chi connectivity index (χ1v) is 8.82. The highest BCUT2D eigenvalue weighted by Crippen LogP contribution is 2.18. The van der Waals surface area contributed by atoms with Gasteiger partial charge in [-0.1, -0.05) is 12.1 Å². The molecule has 0 saturated carbocycles. The number of carbonyl (C=O) groups excluding carboxylic acids is 2. The Morgan fingerprint density at radius 3 is 2.25 bits per heavy atom. The number of aromatic nitrogens is 2. The Morgan fingerprint density at radius 1 is 1.00 bits per heavy atom. The molecule has 1 aromatic heterocycles. The number of carbonyl (C=O) groups is 2. The number of hydrogen-bond acceptors (Lipinski definition) is 3. The average Bonchev–Trinajstić information content (AvgIpc) is 3.00. The topological polar surface area (TPSA) is 76.0 Å². The van der Waals surface area contributed by atoms with Crippen LogP contribution in [0, 0.1) is 19.7 Å². The second-order valence-corrected chi connectivity index (χ2v) is 6.39. The zero-order chi connectivity index (χ0) is 20.3. The van der Waals surface area contributed by atoms with E-state index in [1.54, 1.807) is 62.0 Å². The lowest BCUT2D eigenvalue weighted by molar-refractivity contribution is 0.0945. The Kier molecular flexibility index (Phi) is 5.54. The fourth-order valence-electron chi connectivity index (χ4n) is 2.99. The molecule has 0 aliphatic heterocycles. The van der Waals surface area contributed by atoms with Crippen LogP contribution in [0.15, 0.2) is 48.5 Å². The van der Waals surface area contributed by atoms with Gasteiger partial charge in [0.05, 0.1) is 22.6 Å². The van der Waals surface area contributed by atoms with Crippen LogP contribution in [-0.2, 0) is 6.54 Å². The summed E-state index contributed by atoms with van der Waals surface area (Å²) in [5.41, 5.74) is 3.88. The third-order valence-corrected chi connectivity index (χ3v) is 4.49. The van der Waals surface area contributed by atoms with Crippen molar-refractivity contribution in [2.24, 2.45) is 0 Å². The lowest BCUT2D eigenvalue weighted by Crippen LogP contribution is -2.24. The summed E-state index contributed by atoms with van der Waals surface area (Å²) in [6.07, 6.45) is 0. The molecule has 144 valence electrons. The number of nitrogens with one attached hydrogen (secondary N) is 2. The molecule has 0 spiro atoms. The summed E-state index contributed by atoms with van der Waals surface area (Å²) >= 11 is 0. The smallest absolute Gasteiger partial charge is 0.255 e. The molecule has 0 bridgehead atoms. The summed E-state index contributed by atoms with van der Waals surface area (Å²) in [5, 5.41) is 9.86. The normalized spacial score (nSPS) is 10.6. The van der Waals surface area contributed by atoms with Gasteiger partial charge in [-0.15, -0.1) is 0 Å². The van der Waals surface area contributed by atoms with E-state index < -0.39 is 0 Å². The minimum Gasteiger partial charge on any atom is -0.355 e. The van der Waals surface area contributed by atoms with E-state index >= 15 is 0 Å². The van der Waals surface area contributed by atoms with E-state index in [0.29, 0.717) is 34.7 Å². The maximum absolute atomic E-state index is 13.2. The van der Waals surface area contributed by atoms with Gasteiger partial charge < -0.3 is 10.6 Å². The molecule has 2 aromatic carbocycles. The molecular weight excluding hydrogens is 359 g/mol. The van der Waals surface area contributed by atoms with Crippen molar-refractivity contribution in [3.8, 4) is 5.69 Å². The summed E-state index contributed by atoms with van der Waals surface area (Å²) in [6, 6.07) is 13.0. The SMILES string of the molecule is CNC(=O)c1ccc(CNC(=O)c2c(C)nn(-c3ccc(F)cc3)c2C)cc1. The molecule has 3 aromatic rings. The number of rotatable bonds is 5. The molecule has 0 saturated heterocycles. The fraction of sp³-hybridized carbons (Fsp3) is 0.190. The van der Waals surface area contributed by atoms with Gasteiger partial charge in [-0.3, -0.25) is 9.59 Å². The summed E-state index contributed by atoms with van der Waals surface area (Å²) in [6.45, 7) is 3.89. The van der Waals surface area contributed by atoms with Crippen LogP contribution in [0.3, 0.4) is 0 Å². The van der Waals surface area contributed by atoms with E-state index in [1.807, 2.05) is 0 Å². The predicted octanol–water partition coefficient (Wildman–Crippen LogP) is 2.92. The maximum atomic E-state index is 13.2. The average molecular weight is 380 g/mol. The number of amides is 2. The third kappa shape index (κ3) is 3.93. The van der Waals surface area contributed by atoms with Crippen molar-refractivity contribution < 1.29 is 14.0 Å². The highest BCUT2D eigenvalue weighted by molar-refractivity contribution is 5.96. The molecule has 0 unspecified atom stereocenters. The van der Waals surface area contributed by atoms with Crippen LogP contribution in [0.1, 0.15) is 37.7 Å². The van der Waals surface area contributed by atoms with E-state index in [4.69, 9.17) is 0 Å². The summed E-state index contributed by atoms with van der Waals surface area (Å²) in [7, 11) is 1.58. The summed E-state index contributed by atoms with van der Waals surface area (Å²) < 4.78 is 14.8. The number of aryl methyl sites for hydroxylation is 1. The van der Waals surface area contributed by atoms with Crippen LogP contribution in [0.4, 0.5) is 4.39 Å². The third-order valence-electron chi connectivity index (χ3n) is 4.49. The van der Waals surface area contributed by atoms with Crippen molar-refractivity contribution in [3.05, 3.63) is 82.4 Å². The standard InChI is InChI=1S/C21H21FN4O2/c1-13-19(14(2)26(25-13)18-10-8-17(22)9-11-18)21(28)24-12-15-4-6-16(7-5-15)20(27)23-3/h4-11H,12H2,1-3H3,(H,23,27)(H,24,28). The van der Waals surface area contributed by atoms with Crippen molar-refractivity contribution in [2.75, 3.05) is 7.05 Å². The van der Waals surface area contributed by atoms with Gasteiger partial charge >= 0.3 is 0 Å². The van der Waals surface area contributed by atoms with Gasteiger partial charge in [0.25, 0.3) is 11.8 Å². The zero-order valence-corrected chi connectivity index (χ0v) is 15.9. The molecule has 28 heavy (non-hydrogen) atoms. The van der Waals surface area contributed by atoms with Crippen molar-refractivity contribution in [1.29, 1.82) is 0 Å². The highest BCUT2D eigenvalue weighted by Gasteiger charge is 2.19. The van der Waals surface area contributed by atoms with Crippen LogP contribution in [0.25, 0.3) is 5.69 Å². The first-order valence-electron chi connectivity index (χ1n) is 8.82. The molecule has 0 aliphatic carbocycles. The van der Waals surface area contributed by atoms with Gasteiger partial charge in [-0.05, 0) is 55.8 Å². The molecule has 3 rings (SSSR count). The Bertz CT molecular complexity index is 1010. The molecule has 7 heteroatoms. The first kappa shape index (κ1) is 19.3. The minimum absolute atomic E-state index is 0.157. The molecule has 0 aliphatic rings. The Hall–Kier alpha value is -3.48. The van der Waals surface area contributed by atoms with Crippen molar-refractivity contribution in [1.82, 2.24) is 20.4 Å². The van der Waals surface area contributed by atoms with Gasteiger partial charge in [-0.2, -0.15) is 5.10 Å². The van der Waals surface area contributed by atoms with Crippen molar-refractivity contribution >= 4 is 11.8 Å². The molecule has 6 nitrogen and oxygen atoms in total. The largest absolute Gasteiger partial charge is 0.355 e. The predicted molar refractivity (Wildman–Crippen MR) is 104 cm³/mol. The Morgan fingerprint density at radius 2 is 1.64 bits per heavy atom. The number of halogens is 1. The van der Waals surface area contributed by atoms with Gasteiger partial charge in [0.15, 0.2) is 0 Å². The lowest BCUT2D eigenvalue weighted by Gasteiger charge is -2.08. The van der Waals surface area contributed by atoms with E-state index in [-0.39, 0.29) is 17.6 Å². The summed E-state index contributed by atoms with van der Waals surface area (Å²) in [4.78, 5) is 24.3. The Labute approximate surface area is 162 Å². The van der Waals surface area contributed by atoms with Crippen LogP contribution >= 0.6 is 0 Å².